The third-order valence-electron chi connectivity index (χ3n) is 1.90. The number of hydrogen-bond donors (Lipinski definition) is 3. The summed E-state index contributed by atoms with van der Waals surface area (Å²) in [6.45, 7) is 0.560. The molecule has 0 radical (unpaired) electrons. The van der Waals surface area contributed by atoms with Crippen LogP contribution in [0.2, 0.25) is 0 Å². The van der Waals surface area contributed by atoms with Crippen molar-refractivity contribution in [2.24, 2.45) is 5.73 Å². The van der Waals surface area contributed by atoms with Crippen molar-refractivity contribution in [3.05, 3.63) is 0 Å². The first kappa shape index (κ1) is 11.5. The Kier molecular flexibility index (Phi) is 4.30. The van der Waals surface area contributed by atoms with E-state index in [9.17, 15) is 4.79 Å². The van der Waals surface area contributed by atoms with E-state index in [1.807, 2.05) is 0 Å². The Morgan fingerprint density at radius 2 is 2.17 bits per heavy atom. The van der Waals surface area contributed by atoms with E-state index in [0.717, 1.165) is 0 Å². The average molecular weight is 197 g/mol. The first-order chi connectivity index (χ1) is 5.11. The lowest BCUT2D eigenvalue weighted by atomic mass is 10.0. The van der Waals surface area contributed by atoms with Crippen LogP contribution in [0.4, 0.5) is 4.79 Å². The van der Waals surface area contributed by atoms with Gasteiger partial charge >= 0.3 is 6.09 Å². The molecular weight excluding hydrogens is 184 g/mol. The van der Waals surface area contributed by atoms with Gasteiger partial charge in [-0.2, -0.15) is 0 Å². The van der Waals surface area contributed by atoms with Crippen LogP contribution in [-0.4, -0.2) is 46.4 Å². The van der Waals surface area contributed by atoms with Crippen LogP contribution in [-0.2, 0) is 0 Å². The van der Waals surface area contributed by atoms with Crippen LogP contribution in [0.25, 0.3) is 0 Å². The number of β-amino-alcohol motifs (C(OH)–C–C–N with tert-alkyl or cyclic N) is 1. The third kappa shape index (κ3) is 2.51. The van der Waals surface area contributed by atoms with Gasteiger partial charge in [0.05, 0.1) is 12.6 Å². The smallest absolute Gasteiger partial charge is 0.407 e. The predicted octanol–water partition coefficient (Wildman–Crippen LogP) is -0.520. The van der Waals surface area contributed by atoms with Gasteiger partial charge in [0.1, 0.15) is 0 Å². The number of aliphatic hydroxyl groups excluding tert-OH is 1. The second kappa shape index (κ2) is 4.49. The Morgan fingerprint density at radius 1 is 1.58 bits per heavy atom. The molecule has 2 atom stereocenters. The summed E-state index contributed by atoms with van der Waals surface area (Å²) in [6.07, 6.45) is -1.16. The van der Waals surface area contributed by atoms with Crippen molar-refractivity contribution in [2.45, 2.75) is 18.6 Å². The molecule has 1 amide bonds. The predicted molar refractivity (Wildman–Crippen MR) is 45.4 cm³/mol. The van der Waals surface area contributed by atoms with Crippen molar-refractivity contribution in [3.63, 3.8) is 0 Å². The Bertz CT molecular complexity index is 167. The molecule has 1 aliphatic heterocycles. The van der Waals surface area contributed by atoms with Crippen LogP contribution in [0.3, 0.4) is 0 Å². The molecule has 1 aliphatic rings. The number of carboxylic acid groups (broad SMARTS) is 1. The van der Waals surface area contributed by atoms with Gasteiger partial charge < -0.3 is 20.8 Å². The quantitative estimate of drug-likeness (QED) is 0.487. The lowest BCUT2D eigenvalue weighted by Gasteiger charge is -2.31. The van der Waals surface area contributed by atoms with Gasteiger partial charge in [-0.15, -0.1) is 12.4 Å². The molecule has 1 saturated heterocycles. The summed E-state index contributed by atoms with van der Waals surface area (Å²) in [5.74, 6) is 0. The minimum absolute atomic E-state index is 0. The number of halogens is 1. The molecule has 2 unspecified atom stereocenters. The van der Waals surface area contributed by atoms with Crippen molar-refractivity contribution < 1.29 is 15.0 Å². The van der Waals surface area contributed by atoms with E-state index >= 15 is 0 Å². The molecule has 0 spiro atoms. The van der Waals surface area contributed by atoms with Gasteiger partial charge in [0.2, 0.25) is 0 Å². The largest absolute Gasteiger partial charge is 0.465 e. The summed E-state index contributed by atoms with van der Waals surface area (Å²) in [7, 11) is 0. The molecule has 0 aromatic heterocycles. The van der Waals surface area contributed by atoms with E-state index in [1.54, 1.807) is 0 Å². The number of nitrogens with two attached hydrogens (primary N) is 1. The average Bonchev–Trinajstić information content (AvgIpc) is 1.94. The first-order valence-electron chi connectivity index (χ1n) is 3.53. The van der Waals surface area contributed by atoms with Crippen LogP contribution in [0, 0.1) is 0 Å². The molecule has 0 aromatic carbocycles. The maximum absolute atomic E-state index is 10.4. The number of nitrogens with zero attached hydrogens (tertiary/aromatic N) is 1. The van der Waals surface area contributed by atoms with Crippen molar-refractivity contribution >= 4 is 18.5 Å². The van der Waals surface area contributed by atoms with E-state index in [4.69, 9.17) is 15.9 Å². The molecule has 0 aromatic rings. The second-order valence-electron chi connectivity index (χ2n) is 2.75. The summed E-state index contributed by atoms with van der Waals surface area (Å²) in [5.41, 5.74) is 5.47. The third-order valence-corrected chi connectivity index (χ3v) is 1.90. The zero-order valence-electron chi connectivity index (χ0n) is 6.51. The molecule has 0 aliphatic carbocycles. The van der Waals surface area contributed by atoms with Gasteiger partial charge in [0.25, 0.3) is 0 Å². The lowest BCUT2D eigenvalue weighted by molar-refractivity contribution is 0.0523. The lowest BCUT2D eigenvalue weighted by Crippen LogP contribution is -2.51. The summed E-state index contributed by atoms with van der Waals surface area (Å²) in [4.78, 5) is 11.6. The van der Waals surface area contributed by atoms with Gasteiger partial charge in [-0.3, -0.25) is 0 Å². The molecule has 1 rings (SSSR count). The van der Waals surface area contributed by atoms with Gasteiger partial charge in [-0.1, -0.05) is 0 Å². The maximum atomic E-state index is 10.4. The van der Waals surface area contributed by atoms with Crippen molar-refractivity contribution in [3.8, 4) is 0 Å². The highest BCUT2D eigenvalue weighted by Gasteiger charge is 2.26. The summed E-state index contributed by atoms with van der Waals surface area (Å²) in [6, 6.07) is -0.273. The minimum atomic E-state index is -0.990. The summed E-state index contributed by atoms with van der Waals surface area (Å²) in [5, 5.41) is 17.7. The highest BCUT2D eigenvalue weighted by Crippen LogP contribution is 2.08. The molecule has 0 saturated carbocycles. The molecule has 1 fully saturated rings. The van der Waals surface area contributed by atoms with E-state index in [0.29, 0.717) is 13.0 Å². The van der Waals surface area contributed by atoms with Gasteiger partial charge in [-0.05, 0) is 6.42 Å². The van der Waals surface area contributed by atoms with Crippen LogP contribution in [0.1, 0.15) is 6.42 Å². The number of carbonyl (C=O) groups is 1. The normalized spacial score (nSPS) is 29.3. The first-order valence-corrected chi connectivity index (χ1v) is 3.53. The standard InChI is InChI=1S/C6H12N2O3.ClH/c7-4-1-2-8(6(10)11)3-5(4)9;/h4-5,9H,1-3,7H2,(H,10,11);1H. The molecular formula is C6H13ClN2O3. The van der Waals surface area contributed by atoms with Gasteiger partial charge in [0, 0.05) is 12.6 Å². The highest BCUT2D eigenvalue weighted by atomic mass is 35.5. The van der Waals surface area contributed by atoms with E-state index in [2.05, 4.69) is 0 Å². The fourth-order valence-corrected chi connectivity index (χ4v) is 1.12. The molecule has 12 heavy (non-hydrogen) atoms. The molecule has 0 bridgehead atoms. The molecule has 5 nitrogen and oxygen atoms in total. The molecule has 72 valence electrons. The summed E-state index contributed by atoms with van der Waals surface area (Å²) >= 11 is 0. The van der Waals surface area contributed by atoms with E-state index < -0.39 is 12.2 Å². The Morgan fingerprint density at radius 3 is 2.58 bits per heavy atom. The minimum Gasteiger partial charge on any atom is -0.465 e. The Hall–Kier alpha value is -0.520. The topological polar surface area (TPSA) is 86.8 Å². The highest BCUT2D eigenvalue weighted by molar-refractivity contribution is 5.85. The fourth-order valence-electron chi connectivity index (χ4n) is 1.12. The molecule has 1 heterocycles. The summed E-state index contributed by atoms with van der Waals surface area (Å²) < 4.78 is 0. The van der Waals surface area contributed by atoms with Gasteiger partial charge in [-0.25, -0.2) is 4.79 Å². The zero-order chi connectivity index (χ0) is 8.43. The SMILES string of the molecule is Cl.NC1CCN(C(=O)O)CC1O. The number of hydrogen-bond acceptors (Lipinski definition) is 3. The van der Waals surface area contributed by atoms with Crippen molar-refractivity contribution in [2.75, 3.05) is 13.1 Å². The van der Waals surface area contributed by atoms with Gasteiger partial charge in [0.15, 0.2) is 0 Å². The number of aliphatic hydroxyl groups is 1. The fraction of sp³-hybridized carbons (Fsp3) is 0.833. The zero-order valence-corrected chi connectivity index (χ0v) is 7.33. The maximum Gasteiger partial charge on any atom is 0.407 e. The van der Waals surface area contributed by atoms with Crippen LogP contribution < -0.4 is 5.73 Å². The number of piperidine rings is 1. The monoisotopic (exact) mass is 196 g/mol. The van der Waals surface area contributed by atoms with E-state index in [1.165, 1.54) is 4.90 Å². The van der Waals surface area contributed by atoms with Crippen molar-refractivity contribution in [1.29, 1.82) is 0 Å². The van der Waals surface area contributed by atoms with Crippen molar-refractivity contribution in [1.82, 2.24) is 4.90 Å². The number of rotatable bonds is 0. The van der Waals surface area contributed by atoms with Crippen LogP contribution in [0.5, 0.6) is 0 Å². The number of likely N-dealkylation sites (tertiary alicyclic amines) is 1. The Balaban J connectivity index is 0.00000121. The Labute approximate surface area is 76.6 Å². The second-order valence-corrected chi connectivity index (χ2v) is 2.75. The molecule has 6 heteroatoms. The van der Waals surface area contributed by atoms with Crippen LogP contribution >= 0.6 is 12.4 Å². The number of amides is 1. The molecule has 4 N–H and O–H groups in total. The van der Waals surface area contributed by atoms with E-state index in [-0.39, 0.29) is 25.0 Å². The van der Waals surface area contributed by atoms with Crippen LogP contribution in [0.15, 0.2) is 0 Å².